The van der Waals surface area contributed by atoms with Gasteiger partial charge in [0.2, 0.25) is 5.91 Å². The molecule has 1 atom stereocenters. The molecule has 0 bridgehead atoms. The second-order valence-corrected chi connectivity index (χ2v) is 8.71. The van der Waals surface area contributed by atoms with Crippen molar-refractivity contribution in [3.63, 3.8) is 0 Å². The van der Waals surface area contributed by atoms with E-state index in [2.05, 4.69) is 10.2 Å². The number of nitrogens with one attached hydrogen (secondary N) is 1. The lowest BCUT2D eigenvalue weighted by atomic mass is 9.95. The highest BCUT2D eigenvalue weighted by atomic mass is 16.5. The third-order valence-corrected chi connectivity index (χ3v) is 6.59. The highest BCUT2D eigenvalue weighted by molar-refractivity contribution is 5.82. The normalized spacial score (nSPS) is 18.3. The number of amides is 2. The number of benzene rings is 2. The van der Waals surface area contributed by atoms with Crippen molar-refractivity contribution < 1.29 is 14.3 Å². The van der Waals surface area contributed by atoms with E-state index in [-0.39, 0.29) is 24.5 Å². The lowest BCUT2D eigenvalue weighted by Crippen LogP contribution is -2.58. The first-order chi connectivity index (χ1) is 15.7. The van der Waals surface area contributed by atoms with Gasteiger partial charge >= 0.3 is 0 Å². The summed E-state index contributed by atoms with van der Waals surface area (Å²) in [7, 11) is 0. The molecule has 1 aliphatic carbocycles. The third-order valence-electron chi connectivity index (χ3n) is 6.59. The fraction of sp³-hybridized carbons (Fsp3) is 0.462. The number of piperazine rings is 1. The molecule has 1 saturated carbocycles. The molecule has 1 heterocycles. The van der Waals surface area contributed by atoms with E-state index in [1.165, 1.54) is 12.8 Å². The van der Waals surface area contributed by atoms with Crippen molar-refractivity contribution >= 4 is 11.8 Å². The van der Waals surface area contributed by atoms with E-state index in [0.29, 0.717) is 31.3 Å². The number of carbonyl (C=O) groups excluding carboxylic acids is 2. The van der Waals surface area contributed by atoms with Crippen molar-refractivity contribution in [1.29, 1.82) is 0 Å². The van der Waals surface area contributed by atoms with Gasteiger partial charge in [-0.1, -0.05) is 61.4 Å². The summed E-state index contributed by atoms with van der Waals surface area (Å²) in [6.45, 7) is 3.30. The van der Waals surface area contributed by atoms with Crippen molar-refractivity contribution in [2.75, 3.05) is 32.8 Å². The number of nitrogens with zero attached hydrogens (tertiary/aromatic N) is 2. The van der Waals surface area contributed by atoms with Crippen LogP contribution in [0.15, 0.2) is 60.7 Å². The van der Waals surface area contributed by atoms with E-state index < -0.39 is 0 Å². The van der Waals surface area contributed by atoms with Crippen LogP contribution >= 0.6 is 0 Å². The minimum absolute atomic E-state index is 0.000511. The molecule has 6 heteroatoms. The minimum Gasteiger partial charge on any atom is -0.484 e. The molecule has 1 unspecified atom stereocenters. The van der Waals surface area contributed by atoms with Gasteiger partial charge in [-0.3, -0.25) is 14.5 Å². The summed E-state index contributed by atoms with van der Waals surface area (Å²) in [5.41, 5.74) is 1.11. The second kappa shape index (κ2) is 11.1. The van der Waals surface area contributed by atoms with Crippen LogP contribution < -0.4 is 10.1 Å². The van der Waals surface area contributed by atoms with Crippen LogP contribution in [-0.4, -0.2) is 60.4 Å². The van der Waals surface area contributed by atoms with E-state index in [1.54, 1.807) is 0 Å². The van der Waals surface area contributed by atoms with Gasteiger partial charge in [0.1, 0.15) is 5.75 Å². The zero-order valence-corrected chi connectivity index (χ0v) is 18.6. The van der Waals surface area contributed by atoms with Crippen LogP contribution in [0.4, 0.5) is 0 Å². The van der Waals surface area contributed by atoms with E-state index in [1.807, 2.05) is 65.6 Å². The summed E-state index contributed by atoms with van der Waals surface area (Å²) < 4.78 is 5.62. The Hall–Kier alpha value is -2.86. The molecule has 1 saturated heterocycles. The van der Waals surface area contributed by atoms with Gasteiger partial charge in [-0.15, -0.1) is 0 Å². The molecular formula is C26H33N3O3. The van der Waals surface area contributed by atoms with Gasteiger partial charge in [-0.25, -0.2) is 0 Å². The number of ether oxygens (including phenoxy) is 1. The maximum atomic E-state index is 13.2. The molecule has 1 aliphatic heterocycles. The largest absolute Gasteiger partial charge is 0.484 e. The Bertz CT molecular complexity index is 860. The standard InChI is InChI=1S/C26H33N3O3/c30-24(20-32-23-13-5-2-6-14-23)28-15-17-29(18-16-28)25(22-11-7-8-12-22)26(31)27-19-21-9-3-1-4-10-21/h1-6,9-10,13-14,22,25H,7-8,11-12,15-20H2,(H,27,31). The Morgan fingerprint density at radius 2 is 1.53 bits per heavy atom. The maximum absolute atomic E-state index is 13.2. The molecular weight excluding hydrogens is 402 g/mol. The molecule has 0 aromatic heterocycles. The molecule has 2 aromatic carbocycles. The number of rotatable bonds is 8. The van der Waals surface area contributed by atoms with E-state index >= 15 is 0 Å². The quantitative estimate of drug-likeness (QED) is 0.692. The van der Waals surface area contributed by atoms with Crippen LogP contribution in [0.3, 0.4) is 0 Å². The van der Waals surface area contributed by atoms with Crippen LogP contribution in [0.5, 0.6) is 5.75 Å². The van der Waals surface area contributed by atoms with Crippen molar-refractivity contribution in [2.45, 2.75) is 38.3 Å². The molecule has 2 amide bonds. The van der Waals surface area contributed by atoms with E-state index in [0.717, 1.165) is 31.5 Å². The molecule has 0 spiro atoms. The first-order valence-electron chi connectivity index (χ1n) is 11.7. The predicted molar refractivity (Wildman–Crippen MR) is 124 cm³/mol. The molecule has 170 valence electrons. The van der Waals surface area contributed by atoms with Crippen LogP contribution in [0, 0.1) is 5.92 Å². The van der Waals surface area contributed by atoms with Crippen LogP contribution in [0.25, 0.3) is 0 Å². The first kappa shape index (κ1) is 22.3. The topological polar surface area (TPSA) is 61.9 Å². The molecule has 4 rings (SSSR count). The number of para-hydroxylation sites is 1. The first-order valence-corrected chi connectivity index (χ1v) is 11.7. The van der Waals surface area contributed by atoms with Crippen LogP contribution in [0.2, 0.25) is 0 Å². The lowest BCUT2D eigenvalue weighted by Gasteiger charge is -2.40. The van der Waals surface area contributed by atoms with Gasteiger partial charge in [0.15, 0.2) is 6.61 Å². The summed E-state index contributed by atoms with van der Waals surface area (Å²) in [6, 6.07) is 19.3. The Morgan fingerprint density at radius 3 is 2.19 bits per heavy atom. The smallest absolute Gasteiger partial charge is 0.260 e. The fourth-order valence-electron chi connectivity index (χ4n) is 4.84. The van der Waals surface area contributed by atoms with E-state index in [9.17, 15) is 9.59 Å². The molecule has 2 aliphatic rings. The van der Waals surface area contributed by atoms with Gasteiger partial charge in [0.25, 0.3) is 5.91 Å². The van der Waals surface area contributed by atoms with Gasteiger partial charge in [-0.2, -0.15) is 0 Å². The van der Waals surface area contributed by atoms with E-state index in [4.69, 9.17) is 4.74 Å². The molecule has 2 fully saturated rings. The van der Waals surface area contributed by atoms with Gasteiger partial charge < -0.3 is 15.0 Å². The lowest BCUT2D eigenvalue weighted by molar-refractivity contribution is -0.137. The SMILES string of the molecule is O=C(NCc1ccccc1)C(C1CCCC1)N1CCN(C(=O)COc2ccccc2)CC1. The molecule has 0 radical (unpaired) electrons. The number of carbonyl (C=O) groups is 2. The maximum Gasteiger partial charge on any atom is 0.260 e. The summed E-state index contributed by atoms with van der Waals surface area (Å²) in [5, 5.41) is 3.16. The number of hydrogen-bond acceptors (Lipinski definition) is 4. The predicted octanol–water partition coefficient (Wildman–Crippen LogP) is 3.08. The summed E-state index contributed by atoms with van der Waals surface area (Å²) >= 11 is 0. The number of hydrogen-bond donors (Lipinski definition) is 1. The van der Waals surface area contributed by atoms with Crippen molar-refractivity contribution in [2.24, 2.45) is 5.92 Å². The van der Waals surface area contributed by atoms with Crippen molar-refractivity contribution in [1.82, 2.24) is 15.1 Å². The highest BCUT2D eigenvalue weighted by Crippen LogP contribution is 2.31. The van der Waals surface area contributed by atoms with Gasteiger partial charge in [0.05, 0.1) is 6.04 Å². The Kier molecular flexibility index (Phi) is 7.77. The van der Waals surface area contributed by atoms with Gasteiger partial charge in [0, 0.05) is 32.7 Å². The molecule has 6 nitrogen and oxygen atoms in total. The average Bonchev–Trinajstić information content (AvgIpc) is 3.37. The Morgan fingerprint density at radius 1 is 0.906 bits per heavy atom. The minimum atomic E-state index is -0.112. The zero-order chi connectivity index (χ0) is 22.2. The summed E-state index contributed by atoms with van der Waals surface area (Å²) in [5.74, 6) is 1.22. The Balaban J connectivity index is 1.30. The molecule has 2 aromatic rings. The van der Waals surface area contributed by atoms with Crippen molar-refractivity contribution in [3.05, 3.63) is 66.2 Å². The zero-order valence-electron chi connectivity index (χ0n) is 18.6. The van der Waals surface area contributed by atoms with Crippen LogP contribution in [-0.2, 0) is 16.1 Å². The van der Waals surface area contributed by atoms with Gasteiger partial charge in [-0.05, 0) is 36.5 Å². The third kappa shape index (κ3) is 5.88. The monoisotopic (exact) mass is 435 g/mol. The Labute approximate surface area is 190 Å². The molecule has 32 heavy (non-hydrogen) atoms. The second-order valence-electron chi connectivity index (χ2n) is 8.71. The molecule has 1 N–H and O–H groups in total. The van der Waals surface area contributed by atoms with Crippen molar-refractivity contribution in [3.8, 4) is 5.75 Å². The van der Waals surface area contributed by atoms with Crippen LogP contribution in [0.1, 0.15) is 31.2 Å². The fourth-order valence-corrected chi connectivity index (χ4v) is 4.84. The summed E-state index contributed by atoms with van der Waals surface area (Å²) in [4.78, 5) is 30.0. The average molecular weight is 436 g/mol. The highest BCUT2D eigenvalue weighted by Gasteiger charge is 2.37. The summed E-state index contributed by atoms with van der Waals surface area (Å²) in [6.07, 6.45) is 4.60.